The molecule has 3 heterocycles. The van der Waals surface area contributed by atoms with Crippen molar-refractivity contribution in [3.8, 4) is 0 Å². The maximum absolute atomic E-state index is 12.9. The minimum atomic E-state index is -0.738. The third-order valence-electron chi connectivity index (χ3n) is 7.04. The Balaban J connectivity index is 1.30. The van der Waals surface area contributed by atoms with E-state index in [1.807, 2.05) is 53.6 Å². The molecule has 0 aliphatic carbocycles. The lowest BCUT2D eigenvalue weighted by Crippen LogP contribution is -2.49. The van der Waals surface area contributed by atoms with Gasteiger partial charge >= 0.3 is 5.97 Å². The Hall–Kier alpha value is -2.93. The normalized spacial score (nSPS) is 21.7. The summed E-state index contributed by atoms with van der Waals surface area (Å²) >= 11 is 0. The van der Waals surface area contributed by atoms with Crippen molar-refractivity contribution in [1.82, 2.24) is 14.8 Å². The molecule has 2 saturated heterocycles. The zero-order valence-corrected chi connectivity index (χ0v) is 19.2. The molecule has 7 heteroatoms. The van der Waals surface area contributed by atoms with E-state index in [4.69, 9.17) is 0 Å². The molecule has 0 bridgehead atoms. The fourth-order valence-electron chi connectivity index (χ4n) is 5.10. The largest absolute Gasteiger partial charge is 0.481 e. The van der Waals surface area contributed by atoms with Gasteiger partial charge in [-0.3, -0.25) is 14.5 Å². The first-order chi connectivity index (χ1) is 16.1. The molecule has 2 fully saturated rings. The summed E-state index contributed by atoms with van der Waals surface area (Å²) < 4.78 is 0. The van der Waals surface area contributed by atoms with Crippen molar-refractivity contribution < 1.29 is 14.7 Å². The van der Waals surface area contributed by atoms with E-state index >= 15 is 0 Å². The first-order valence-corrected chi connectivity index (χ1v) is 12.0. The van der Waals surface area contributed by atoms with Crippen molar-refractivity contribution >= 4 is 17.7 Å². The molecule has 7 nitrogen and oxygen atoms in total. The molecule has 2 aliphatic rings. The average Bonchev–Trinajstić information content (AvgIpc) is 2.84. The van der Waals surface area contributed by atoms with E-state index in [9.17, 15) is 14.7 Å². The highest BCUT2D eigenvalue weighted by molar-refractivity contribution is 5.79. The predicted octanol–water partition coefficient (Wildman–Crippen LogP) is 2.78. The zero-order valence-electron chi connectivity index (χ0n) is 19.2. The number of carbonyl (C=O) groups is 2. The second-order valence-corrected chi connectivity index (χ2v) is 9.21. The summed E-state index contributed by atoms with van der Waals surface area (Å²) in [6.07, 6.45) is 4.13. The highest BCUT2D eigenvalue weighted by Gasteiger charge is 2.33. The van der Waals surface area contributed by atoms with Gasteiger partial charge < -0.3 is 14.9 Å². The van der Waals surface area contributed by atoms with Crippen LogP contribution in [0.5, 0.6) is 0 Å². The van der Waals surface area contributed by atoms with E-state index in [0.29, 0.717) is 19.5 Å². The quantitative estimate of drug-likeness (QED) is 0.667. The number of nitrogens with zero attached hydrogens (tertiary/aromatic N) is 4. The van der Waals surface area contributed by atoms with Gasteiger partial charge in [-0.25, -0.2) is 4.98 Å². The van der Waals surface area contributed by atoms with Gasteiger partial charge in [-0.05, 0) is 48.9 Å². The molecule has 4 rings (SSSR count). The van der Waals surface area contributed by atoms with E-state index in [2.05, 4.69) is 20.9 Å². The van der Waals surface area contributed by atoms with Crippen molar-refractivity contribution in [2.24, 2.45) is 11.8 Å². The monoisotopic (exact) mass is 450 g/mol. The smallest absolute Gasteiger partial charge is 0.303 e. The van der Waals surface area contributed by atoms with Gasteiger partial charge in [0.2, 0.25) is 5.91 Å². The number of anilines is 1. The van der Waals surface area contributed by atoms with E-state index in [1.165, 1.54) is 0 Å². The number of aromatic nitrogens is 1. The van der Waals surface area contributed by atoms with Crippen molar-refractivity contribution in [2.45, 2.75) is 25.7 Å². The maximum Gasteiger partial charge on any atom is 0.303 e. The van der Waals surface area contributed by atoms with E-state index < -0.39 is 5.97 Å². The van der Waals surface area contributed by atoms with Crippen LogP contribution in [0.2, 0.25) is 0 Å². The van der Waals surface area contributed by atoms with Gasteiger partial charge in [0.05, 0.1) is 6.42 Å². The van der Waals surface area contributed by atoms with Gasteiger partial charge in [-0.15, -0.1) is 0 Å². The Morgan fingerprint density at radius 1 is 0.939 bits per heavy atom. The molecule has 1 aromatic carbocycles. The molecule has 1 amide bonds. The topological polar surface area (TPSA) is 77.0 Å². The van der Waals surface area contributed by atoms with Crippen LogP contribution in [0.25, 0.3) is 0 Å². The molecule has 2 aromatic rings. The van der Waals surface area contributed by atoms with Gasteiger partial charge in [0.25, 0.3) is 0 Å². The fourth-order valence-corrected chi connectivity index (χ4v) is 5.10. The summed E-state index contributed by atoms with van der Waals surface area (Å²) in [5.74, 6) is 0.794. The molecular weight excluding hydrogens is 416 g/mol. The Morgan fingerprint density at radius 3 is 2.39 bits per heavy atom. The Bertz CT molecular complexity index is 900. The van der Waals surface area contributed by atoms with E-state index in [1.54, 1.807) is 0 Å². The number of carbonyl (C=O) groups excluding carboxylic acids is 1. The van der Waals surface area contributed by atoms with Gasteiger partial charge in [-0.1, -0.05) is 36.4 Å². The number of aliphatic carboxylic acids is 1. The van der Waals surface area contributed by atoms with Crippen LogP contribution in [0.1, 0.15) is 24.8 Å². The highest BCUT2D eigenvalue weighted by atomic mass is 16.4. The van der Waals surface area contributed by atoms with Crippen molar-refractivity contribution in [3.63, 3.8) is 0 Å². The SMILES string of the molecule is O=C(O)CC1CCN(C(=O)Cc2ccccc2)CC1CCN1CCN(c2ccccn2)CC1. The van der Waals surface area contributed by atoms with Gasteiger partial charge in [0, 0.05) is 51.9 Å². The molecule has 176 valence electrons. The molecule has 2 aliphatic heterocycles. The summed E-state index contributed by atoms with van der Waals surface area (Å²) in [6, 6.07) is 15.8. The van der Waals surface area contributed by atoms with Crippen LogP contribution in [0, 0.1) is 11.8 Å². The second kappa shape index (κ2) is 11.3. The van der Waals surface area contributed by atoms with Gasteiger partial charge in [0.1, 0.15) is 5.82 Å². The summed E-state index contributed by atoms with van der Waals surface area (Å²) in [7, 11) is 0. The zero-order chi connectivity index (χ0) is 23.0. The third kappa shape index (κ3) is 6.54. The first kappa shape index (κ1) is 23.2. The van der Waals surface area contributed by atoms with Crippen LogP contribution in [-0.4, -0.2) is 77.6 Å². The number of carboxylic acid groups (broad SMARTS) is 1. The number of carboxylic acids is 1. The van der Waals surface area contributed by atoms with Gasteiger partial charge in [-0.2, -0.15) is 0 Å². The summed E-state index contributed by atoms with van der Waals surface area (Å²) in [4.78, 5) is 35.5. The molecule has 2 unspecified atom stereocenters. The number of hydrogen-bond donors (Lipinski definition) is 1. The van der Waals surface area contributed by atoms with Crippen molar-refractivity contribution in [1.29, 1.82) is 0 Å². The third-order valence-corrected chi connectivity index (χ3v) is 7.04. The number of benzene rings is 1. The Kier molecular flexibility index (Phi) is 7.94. The molecule has 2 atom stereocenters. The molecule has 0 radical (unpaired) electrons. The van der Waals surface area contributed by atoms with Gasteiger partial charge in [0.15, 0.2) is 0 Å². The highest BCUT2D eigenvalue weighted by Crippen LogP contribution is 2.30. The first-order valence-electron chi connectivity index (χ1n) is 12.0. The number of piperidine rings is 1. The minimum absolute atomic E-state index is 0.137. The Labute approximate surface area is 196 Å². The van der Waals surface area contributed by atoms with E-state index in [-0.39, 0.29) is 24.2 Å². The lowest BCUT2D eigenvalue weighted by molar-refractivity contribution is -0.139. The average molecular weight is 451 g/mol. The number of hydrogen-bond acceptors (Lipinski definition) is 5. The minimum Gasteiger partial charge on any atom is -0.481 e. The fraction of sp³-hybridized carbons (Fsp3) is 0.500. The lowest BCUT2D eigenvalue weighted by Gasteiger charge is -2.40. The number of likely N-dealkylation sites (tertiary alicyclic amines) is 1. The van der Waals surface area contributed by atoms with Crippen LogP contribution < -0.4 is 4.90 Å². The maximum atomic E-state index is 12.9. The second-order valence-electron chi connectivity index (χ2n) is 9.21. The number of piperazine rings is 1. The molecule has 0 saturated carbocycles. The van der Waals surface area contributed by atoms with Crippen LogP contribution in [0.15, 0.2) is 54.7 Å². The lowest BCUT2D eigenvalue weighted by atomic mass is 9.81. The van der Waals surface area contributed by atoms with Crippen LogP contribution in [0.4, 0.5) is 5.82 Å². The van der Waals surface area contributed by atoms with Crippen LogP contribution in [-0.2, 0) is 16.0 Å². The van der Waals surface area contributed by atoms with Crippen LogP contribution >= 0.6 is 0 Å². The number of amides is 1. The molecular formula is C26H34N4O3. The van der Waals surface area contributed by atoms with E-state index in [0.717, 1.165) is 56.9 Å². The number of pyridine rings is 1. The molecule has 1 N–H and O–H groups in total. The predicted molar refractivity (Wildman–Crippen MR) is 128 cm³/mol. The molecule has 1 aromatic heterocycles. The number of rotatable bonds is 8. The summed E-state index contributed by atoms with van der Waals surface area (Å²) in [5, 5.41) is 9.41. The van der Waals surface area contributed by atoms with Crippen molar-refractivity contribution in [2.75, 3.05) is 50.7 Å². The summed E-state index contributed by atoms with van der Waals surface area (Å²) in [6.45, 7) is 6.11. The molecule has 33 heavy (non-hydrogen) atoms. The van der Waals surface area contributed by atoms with Crippen LogP contribution in [0.3, 0.4) is 0 Å². The van der Waals surface area contributed by atoms with Crippen molar-refractivity contribution in [3.05, 3.63) is 60.3 Å². The molecule has 0 spiro atoms. The standard InChI is InChI=1S/C26H34N4O3/c31-25(18-21-6-2-1-3-7-21)30-13-10-22(19-26(32)33)23(20-30)9-12-28-14-16-29(17-15-28)24-8-4-5-11-27-24/h1-8,11,22-23H,9-10,12-20H2,(H,32,33). The Morgan fingerprint density at radius 2 is 1.70 bits per heavy atom. The summed E-state index contributed by atoms with van der Waals surface area (Å²) in [5.41, 5.74) is 1.03.